The van der Waals surface area contributed by atoms with Gasteiger partial charge in [-0.3, -0.25) is 0 Å². The molecule has 0 bridgehead atoms. The summed E-state index contributed by atoms with van der Waals surface area (Å²) in [5, 5.41) is 4.15. The lowest BCUT2D eigenvalue weighted by molar-refractivity contribution is 0.672. The van der Waals surface area contributed by atoms with Crippen molar-refractivity contribution in [3.05, 3.63) is 164 Å². The van der Waals surface area contributed by atoms with E-state index in [2.05, 4.69) is 103 Å². The van der Waals surface area contributed by atoms with Crippen LogP contribution in [-0.2, 0) is 0 Å². The molecule has 0 aliphatic carbocycles. The van der Waals surface area contributed by atoms with Gasteiger partial charge in [0.15, 0.2) is 17.5 Å². The van der Waals surface area contributed by atoms with E-state index in [-0.39, 0.29) is 0 Å². The van der Waals surface area contributed by atoms with Crippen LogP contribution in [0.15, 0.2) is 168 Å². The third-order valence-electron chi connectivity index (χ3n) is 8.75. The second kappa shape index (κ2) is 11.2. The van der Waals surface area contributed by atoms with Crippen molar-refractivity contribution in [3.8, 4) is 56.4 Å². The highest BCUT2D eigenvalue weighted by Gasteiger charge is 2.21. The van der Waals surface area contributed by atoms with Gasteiger partial charge in [0.25, 0.3) is 0 Å². The first kappa shape index (κ1) is 27.0. The Morgan fingerprint density at radius 2 is 0.851 bits per heavy atom. The summed E-state index contributed by atoms with van der Waals surface area (Å²) in [5.74, 6) is 1.84. The van der Waals surface area contributed by atoms with Crippen molar-refractivity contribution in [2.75, 3.05) is 0 Å². The van der Waals surface area contributed by atoms with Gasteiger partial charge >= 0.3 is 0 Å². The molecule has 0 saturated carbocycles. The van der Waals surface area contributed by atoms with Crippen LogP contribution in [-0.4, -0.2) is 15.0 Å². The van der Waals surface area contributed by atoms with E-state index in [1.54, 1.807) is 0 Å². The van der Waals surface area contributed by atoms with Gasteiger partial charge in [-0.1, -0.05) is 152 Å². The normalized spacial score (nSPS) is 11.4. The Labute approximate surface area is 271 Å². The zero-order valence-electron chi connectivity index (χ0n) is 25.3. The molecule has 0 spiro atoms. The maximum absolute atomic E-state index is 6.63. The molecule has 0 fully saturated rings. The minimum Gasteiger partial charge on any atom is -0.455 e. The summed E-state index contributed by atoms with van der Waals surface area (Å²) < 4.78 is 6.63. The van der Waals surface area contributed by atoms with E-state index in [0.29, 0.717) is 17.5 Å². The first-order valence-electron chi connectivity index (χ1n) is 15.7. The van der Waals surface area contributed by atoms with E-state index in [4.69, 9.17) is 19.4 Å². The first-order chi connectivity index (χ1) is 23.3. The number of nitrogens with zero attached hydrogens (tertiary/aromatic N) is 3. The quantitative estimate of drug-likeness (QED) is 0.197. The van der Waals surface area contributed by atoms with Crippen LogP contribution in [0.3, 0.4) is 0 Å². The van der Waals surface area contributed by atoms with E-state index < -0.39 is 0 Å². The highest BCUT2D eigenvalue weighted by atomic mass is 16.3. The van der Waals surface area contributed by atoms with Crippen LogP contribution in [0.2, 0.25) is 0 Å². The van der Waals surface area contributed by atoms with E-state index in [1.165, 1.54) is 5.56 Å². The number of benzene rings is 7. The molecule has 0 aliphatic rings. The highest BCUT2D eigenvalue weighted by molar-refractivity contribution is 6.22. The van der Waals surface area contributed by atoms with Crippen LogP contribution in [0.25, 0.3) is 89.1 Å². The minimum atomic E-state index is 0.599. The van der Waals surface area contributed by atoms with Gasteiger partial charge in [0.2, 0.25) is 0 Å². The molecule has 4 nitrogen and oxygen atoms in total. The van der Waals surface area contributed by atoms with Gasteiger partial charge in [-0.25, -0.2) is 15.0 Å². The number of hydrogen-bond donors (Lipinski definition) is 0. The molecule has 220 valence electrons. The van der Waals surface area contributed by atoms with Crippen molar-refractivity contribution in [1.82, 2.24) is 15.0 Å². The molecule has 2 heterocycles. The lowest BCUT2D eigenvalue weighted by atomic mass is 9.93. The Kier molecular flexibility index (Phi) is 6.43. The predicted molar refractivity (Wildman–Crippen MR) is 192 cm³/mol. The molecule has 0 amide bonds. The van der Waals surface area contributed by atoms with Crippen LogP contribution in [0.1, 0.15) is 0 Å². The number of hydrogen-bond acceptors (Lipinski definition) is 4. The van der Waals surface area contributed by atoms with Gasteiger partial charge < -0.3 is 4.42 Å². The van der Waals surface area contributed by atoms with E-state index >= 15 is 0 Å². The van der Waals surface area contributed by atoms with Gasteiger partial charge in [-0.05, 0) is 39.8 Å². The lowest BCUT2D eigenvalue weighted by Crippen LogP contribution is -2.00. The standard InChI is InChI=1S/C43H27N3O/c1-4-13-28(14-5-1)29-23-25-32(26-24-29)42-44-41(31-17-8-3-9-18-31)45-43(46-42)37-27-36-33(30-15-6-2-7-16-30)20-12-21-34(36)40-39(37)35-19-10-11-22-38(35)47-40/h1-27H. The fourth-order valence-corrected chi connectivity index (χ4v) is 6.47. The first-order valence-corrected chi connectivity index (χ1v) is 15.7. The minimum absolute atomic E-state index is 0.599. The Balaban J connectivity index is 1.33. The zero-order chi connectivity index (χ0) is 31.2. The van der Waals surface area contributed by atoms with Crippen molar-refractivity contribution >= 4 is 32.7 Å². The van der Waals surface area contributed by atoms with Gasteiger partial charge in [-0.15, -0.1) is 0 Å². The zero-order valence-corrected chi connectivity index (χ0v) is 25.3. The van der Waals surface area contributed by atoms with E-state index in [0.717, 1.165) is 66.1 Å². The molecule has 0 aliphatic heterocycles. The molecular formula is C43H27N3O. The van der Waals surface area contributed by atoms with Gasteiger partial charge in [0, 0.05) is 32.8 Å². The van der Waals surface area contributed by atoms with Crippen molar-refractivity contribution in [1.29, 1.82) is 0 Å². The summed E-state index contributed by atoms with van der Waals surface area (Å²) in [5.41, 5.74) is 8.98. The van der Waals surface area contributed by atoms with Gasteiger partial charge in [-0.2, -0.15) is 0 Å². The van der Waals surface area contributed by atoms with Crippen LogP contribution in [0, 0.1) is 0 Å². The highest BCUT2D eigenvalue weighted by Crippen LogP contribution is 2.43. The molecule has 0 atom stereocenters. The van der Waals surface area contributed by atoms with Crippen molar-refractivity contribution in [2.45, 2.75) is 0 Å². The third-order valence-corrected chi connectivity index (χ3v) is 8.75. The monoisotopic (exact) mass is 601 g/mol. The summed E-state index contributed by atoms with van der Waals surface area (Å²) in [7, 11) is 0. The Hall–Kier alpha value is -6.39. The summed E-state index contributed by atoms with van der Waals surface area (Å²) in [6.07, 6.45) is 0. The molecule has 9 rings (SSSR count). The topological polar surface area (TPSA) is 51.8 Å². The van der Waals surface area contributed by atoms with Gasteiger partial charge in [0.1, 0.15) is 11.2 Å². The van der Waals surface area contributed by atoms with Crippen molar-refractivity contribution in [2.24, 2.45) is 0 Å². The number of para-hydroxylation sites is 1. The molecule has 0 radical (unpaired) electrons. The summed E-state index contributed by atoms with van der Waals surface area (Å²) in [6, 6.07) is 56.2. The number of furan rings is 1. The molecule has 7 aromatic carbocycles. The maximum atomic E-state index is 6.63. The molecule has 9 aromatic rings. The average molecular weight is 602 g/mol. The van der Waals surface area contributed by atoms with E-state index in [9.17, 15) is 0 Å². The largest absolute Gasteiger partial charge is 0.455 e. The Bertz CT molecular complexity index is 2540. The molecule has 0 unspecified atom stereocenters. The van der Waals surface area contributed by atoms with Crippen LogP contribution in [0.5, 0.6) is 0 Å². The maximum Gasteiger partial charge on any atom is 0.164 e. The number of fused-ring (bicyclic) bond motifs is 5. The summed E-state index contributed by atoms with van der Waals surface area (Å²) in [6.45, 7) is 0. The SMILES string of the molecule is c1ccc(-c2ccc(-c3nc(-c4ccccc4)nc(-c4cc5c(-c6ccccc6)cccc5c5oc6ccccc6c45)n3)cc2)cc1. The predicted octanol–water partition coefficient (Wildman–Crippen LogP) is 11.3. The molecule has 47 heavy (non-hydrogen) atoms. The van der Waals surface area contributed by atoms with E-state index in [1.807, 2.05) is 60.7 Å². The van der Waals surface area contributed by atoms with Crippen LogP contribution in [0.4, 0.5) is 0 Å². The Morgan fingerprint density at radius 3 is 1.55 bits per heavy atom. The number of rotatable bonds is 5. The smallest absolute Gasteiger partial charge is 0.164 e. The van der Waals surface area contributed by atoms with Crippen LogP contribution >= 0.6 is 0 Å². The lowest BCUT2D eigenvalue weighted by Gasteiger charge is -2.13. The molecule has 0 saturated heterocycles. The summed E-state index contributed by atoms with van der Waals surface area (Å²) in [4.78, 5) is 15.3. The second-order valence-electron chi connectivity index (χ2n) is 11.6. The van der Waals surface area contributed by atoms with Crippen LogP contribution < -0.4 is 0 Å². The molecule has 2 aromatic heterocycles. The molecule has 0 N–H and O–H groups in total. The number of aromatic nitrogens is 3. The fourth-order valence-electron chi connectivity index (χ4n) is 6.47. The van der Waals surface area contributed by atoms with Gasteiger partial charge in [0.05, 0.1) is 0 Å². The second-order valence-corrected chi connectivity index (χ2v) is 11.6. The fraction of sp³-hybridized carbons (Fsp3) is 0. The molecule has 4 heteroatoms. The van der Waals surface area contributed by atoms with Crippen molar-refractivity contribution < 1.29 is 4.42 Å². The Morgan fingerprint density at radius 1 is 0.340 bits per heavy atom. The average Bonchev–Trinajstić information content (AvgIpc) is 3.55. The summed E-state index contributed by atoms with van der Waals surface area (Å²) >= 11 is 0. The van der Waals surface area contributed by atoms with Crippen molar-refractivity contribution in [3.63, 3.8) is 0 Å². The molecular weight excluding hydrogens is 574 g/mol. The third kappa shape index (κ3) is 4.75.